The first-order valence-corrected chi connectivity index (χ1v) is 9.14. The van der Waals surface area contributed by atoms with Crippen molar-refractivity contribution in [1.82, 2.24) is 4.90 Å². The van der Waals surface area contributed by atoms with Gasteiger partial charge in [0.25, 0.3) is 0 Å². The van der Waals surface area contributed by atoms with Crippen LogP contribution in [0, 0.1) is 13.8 Å². The van der Waals surface area contributed by atoms with Crippen LogP contribution in [0.15, 0.2) is 42.5 Å². The van der Waals surface area contributed by atoms with Crippen LogP contribution in [0.4, 0.5) is 0 Å². The molecule has 0 aliphatic carbocycles. The molecule has 1 unspecified atom stereocenters. The lowest BCUT2D eigenvalue weighted by Crippen LogP contribution is -2.20. The van der Waals surface area contributed by atoms with Gasteiger partial charge in [-0.3, -0.25) is 4.57 Å². The molecular weight excluding hydrogens is 309 g/mol. The molecule has 5 heteroatoms. The van der Waals surface area contributed by atoms with Crippen LogP contribution in [0.3, 0.4) is 0 Å². The van der Waals surface area contributed by atoms with Gasteiger partial charge in [-0.25, -0.2) is 0 Å². The van der Waals surface area contributed by atoms with E-state index in [0.29, 0.717) is 5.75 Å². The maximum absolute atomic E-state index is 12.5. The van der Waals surface area contributed by atoms with Gasteiger partial charge in [0.15, 0.2) is 0 Å². The van der Waals surface area contributed by atoms with Crippen molar-refractivity contribution >= 4 is 12.9 Å². The molecule has 4 nitrogen and oxygen atoms in total. The Kier molecular flexibility index (Phi) is 5.64. The zero-order chi connectivity index (χ0) is 17.0. The number of nitrogens with zero attached hydrogens (tertiary/aromatic N) is 1. The molecule has 1 atom stereocenters. The minimum absolute atomic E-state index is 0.197. The van der Waals surface area contributed by atoms with Gasteiger partial charge in [0.2, 0.25) is 7.60 Å². The molecule has 0 saturated heterocycles. The lowest BCUT2D eigenvalue weighted by molar-refractivity contribution is -0.186. The fourth-order valence-corrected chi connectivity index (χ4v) is 3.30. The molecule has 0 radical (unpaired) electrons. The molecule has 0 aliphatic heterocycles. The Hall–Kier alpha value is -1.61. The van der Waals surface area contributed by atoms with E-state index < -0.39 is 7.60 Å². The average Bonchev–Trinajstić information content (AvgIpc) is 2.47. The Morgan fingerprint density at radius 3 is 2.26 bits per heavy atom. The van der Waals surface area contributed by atoms with Crippen LogP contribution >= 0.6 is 7.60 Å². The van der Waals surface area contributed by atoms with Gasteiger partial charge in [-0.1, -0.05) is 35.4 Å². The molecule has 0 N–H and O–H groups in total. The smallest absolute Gasteiger partial charge is 0.214 e. The molecule has 0 spiro atoms. The molecule has 0 fully saturated rings. The van der Waals surface area contributed by atoms with E-state index >= 15 is 0 Å². The summed E-state index contributed by atoms with van der Waals surface area (Å²) in [6.07, 6.45) is 0.734. The van der Waals surface area contributed by atoms with Crippen LogP contribution in [0.25, 0.3) is 0 Å². The second-order valence-electron chi connectivity index (χ2n) is 6.09. The zero-order valence-corrected chi connectivity index (χ0v) is 15.0. The Labute approximate surface area is 138 Å². The molecule has 0 bridgehead atoms. The Balaban J connectivity index is 2.27. The molecule has 23 heavy (non-hydrogen) atoms. The molecule has 0 aromatic heterocycles. The van der Waals surface area contributed by atoms with Crippen molar-refractivity contribution in [3.05, 3.63) is 59.2 Å². The maximum atomic E-state index is 12.5. The summed E-state index contributed by atoms with van der Waals surface area (Å²) in [4.78, 5) is 14.5. The number of rotatable bonds is 6. The molecule has 0 heterocycles. The largest absolute Gasteiger partial charge is 0.765 e. The van der Waals surface area contributed by atoms with E-state index in [1.165, 1.54) is 0 Å². The third-order valence-electron chi connectivity index (χ3n) is 3.61. The Morgan fingerprint density at radius 2 is 1.65 bits per heavy atom. The van der Waals surface area contributed by atoms with Crippen molar-refractivity contribution in [3.8, 4) is 5.75 Å². The third kappa shape index (κ3) is 4.93. The number of likely N-dealkylation sites (N-methyl/N-ethyl adjacent to an activating group) is 1. The van der Waals surface area contributed by atoms with E-state index in [-0.39, 0.29) is 5.30 Å². The van der Waals surface area contributed by atoms with E-state index in [1.54, 1.807) is 30.3 Å². The number of hydrogen-bond donors (Lipinski definition) is 0. The summed E-state index contributed by atoms with van der Waals surface area (Å²) in [6.45, 7) is 4.73. The van der Waals surface area contributed by atoms with Gasteiger partial charge >= 0.3 is 0 Å². The van der Waals surface area contributed by atoms with Crippen LogP contribution in [0.1, 0.15) is 16.7 Å². The van der Waals surface area contributed by atoms with Crippen LogP contribution in [-0.4, -0.2) is 25.5 Å². The van der Waals surface area contributed by atoms with Gasteiger partial charge in [-0.05, 0) is 58.1 Å². The predicted octanol–water partition coefficient (Wildman–Crippen LogP) is 2.67. The normalized spacial score (nSPS) is 13.8. The molecule has 0 saturated carbocycles. The second-order valence-corrected chi connectivity index (χ2v) is 7.78. The third-order valence-corrected chi connectivity index (χ3v) is 4.98. The number of aryl methyl sites for hydroxylation is 2. The van der Waals surface area contributed by atoms with Gasteiger partial charge < -0.3 is 14.3 Å². The maximum Gasteiger partial charge on any atom is 0.214 e. The summed E-state index contributed by atoms with van der Waals surface area (Å²) in [5.74, 6) is 0.413. The van der Waals surface area contributed by atoms with Crippen molar-refractivity contribution in [2.45, 2.75) is 20.3 Å². The highest BCUT2D eigenvalue weighted by molar-refractivity contribution is 7.60. The first kappa shape index (κ1) is 17.7. The Morgan fingerprint density at radius 1 is 1.04 bits per heavy atom. The van der Waals surface area contributed by atoms with Gasteiger partial charge in [-0.2, -0.15) is 0 Å². The standard InChI is InChI=1S/C18H24NO3P/c1-14-5-8-17(9-6-14)23(20,21)22-18-10-7-15(2)13-16(18)11-12-19(3)4/h5-10,13H,11-12H2,1-4H3,(H,20,21)/p-1. The first-order chi connectivity index (χ1) is 10.8. The van der Waals surface area contributed by atoms with Crippen LogP contribution in [0.2, 0.25) is 0 Å². The van der Waals surface area contributed by atoms with Crippen molar-refractivity contribution < 1.29 is 14.0 Å². The van der Waals surface area contributed by atoms with Gasteiger partial charge in [0.05, 0.1) is 0 Å². The van der Waals surface area contributed by atoms with E-state index in [1.807, 2.05) is 40.1 Å². The quantitative estimate of drug-likeness (QED) is 0.763. The van der Waals surface area contributed by atoms with Gasteiger partial charge in [-0.15, -0.1) is 0 Å². The molecule has 0 aliphatic rings. The summed E-state index contributed by atoms with van der Waals surface area (Å²) in [7, 11) is -0.165. The topological polar surface area (TPSA) is 52.6 Å². The SMILES string of the molecule is Cc1ccc(P(=O)([O-])Oc2ccc(C)cc2CCN(C)C)cc1. The summed E-state index contributed by atoms with van der Waals surface area (Å²) in [5, 5.41) is 0.197. The fourth-order valence-electron chi connectivity index (χ4n) is 2.25. The lowest BCUT2D eigenvalue weighted by atomic mass is 10.1. The van der Waals surface area contributed by atoms with E-state index in [0.717, 1.165) is 29.7 Å². The Bertz CT molecular complexity index is 711. The van der Waals surface area contributed by atoms with Crippen LogP contribution in [-0.2, 0) is 11.0 Å². The van der Waals surface area contributed by atoms with Crippen molar-refractivity contribution in [2.24, 2.45) is 0 Å². The zero-order valence-electron chi connectivity index (χ0n) is 14.1. The van der Waals surface area contributed by atoms with E-state index in [2.05, 4.69) is 4.90 Å². The molecule has 2 rings (SSSR count). The minimum Gasteiger partial charge on any atom is -0.765 e. The molecule has 124 valence electrons. The molecular formula is C18H23NO3P-. The van der Waals surface area contributed by atoms with Crippen molar-refractivity contribution in [1.29, 1.82) is 0 Å². The summed E-state index contributed by atoms with van der Waals surface area (Å²) < 4.78 is 17.9. The lowest BCUT2D eigenvalue weighted by Gasteiger charge is -2.26. The fraction of sp³-hybridized carbons (Fsp3) is 0.333. The predicted molar refractivity (Wildman–Crippen MR) is 92.5 cm³/mol. The minimum atomic E-state index is -4.14. The molecule has 2 aromatic carbocycles. The van der Waals surface area contributed by atoms with Crippen LogP contribution < -0.4 is 14.7 Å². The summed E-state index contributed by atoms with van der Waals surface area (Å²) in [6, 6.07) is 12.3. The second kappa shape index (κ2) is 7.31. The monoisotopic (exact) mass is 332 g/mol. The molecule has 2 aromatic rings. The summed E-state index contributed by atoms with van der Waals surface area (Å²) >= 11 is 0. The van der Waals surface area contributed by atoms with Crippen LogP contribution in [0.5, 0.6) is 5.75 Å². The molecule has 0 amide bonds. The van der Waals surface area contributed by atoms with E-state index in [4.69, 9.17) is 4.52 Å². The van der Waals surface area contributed by atoms with Gasteiger partial charge in [0.1, 0.15) is 5.75 Å². The van der Waals surface area contributed by atoms with Gasteiger partial charge in [0, 0.05) is 11.8 Å². The van der Waals surface area contributed by atoms with Crippen molar-refractivity contribution in [2.75, 3.05) is 20.6 Å². The van der Waals surface area contributed by atoms with Crippen molar-refractivity contribution in [3.63, 3.8) is 0 Å². The highest BCUT2D eigenvalue weighted by Gasteiger charge is 2.16. The first-order valence-electron chi connectivity index (χ1n) is 7.60. The number of hydrogen-bond acceptors (Lipinski definition) is 4. The highest BCUT2D eigenvalue weighted by atomic mass is 31.2. The van der Waals surface area contributed by atoms with E-state index in [9.17, 15) is 9.46 Å². The highest BCUT2D eigenvalue weighted by Crippen LogP contribution is 2.39. The number of benzene rings is 2. The average molecular weight is 332 g/mol. The summed E-state index contributed by atoms with van der Waals surface area (Å²) in [5.41, 5.74) is 3.00.